The largest absolute Gasteiger partial charge is 0.367 e. The molecule has 1 aliphatic rings. The van der Waals surface area contributed by atoms with E-state index in [4.69, 9.17) is 5.26 Å². The van der Waals surface area contributed by atoms with E-state index in [0.717, 1.165) is 6.42 Å². The van der Waals surface area contributed by atoms with Crippen molar-refractivity contribution in [2.24, 2.45) is 5.92 Å². The van der Waals surface area contributed by atoms with Gasteiger partial charge >= 0.3 is 0 Å². The highest BCUT2D eigenvalue weighted by molar-refractivity contribution is 5.80. The smallest absolute Gasteiger partial charge is 0.223 e. The van der Waals surface area contributed by atoms with Gasteiger partial charge in [0.05, 0.1) is 5.56 Å². The van der Waals surface area contributed by atoms with Crippen LogP contribution in [0, 0.1) is 17.2 Å². The molecule has 0 bridgehead atoms. The fourth-order valence-corrected chi connectivity index (χ4v) is 2.91. The number of carbonyl (C=O) groups is 2. The van der Waals surface area contributed by atoms with Crippen molar-refractivity contribution in [1.82, 2.24) is 15.2 Å². The first-order valence-electron chi connectivity index (χ1n) is 8.80. The molecular formula is C18H25N5O2. The molecule has 7 heteroatoms. The van der Waals surface area contributed by atoms with Crippen LogP contribution in [0.4, 0.5) is 5.82 Å². The summed E-state index contributed by atoms with van der Waals surface area (Å²) in [5, 5.41) is 15.0. The van der Waals surface area contributed by atoms with E-state index in [1.807, 2.05) is 11.8 Å². The van der Waals surface area contributed by atoms with Gasteiger partial charge in [0.25, 0.3) is 0 Å². The maximum absolute atomic E-state index is 12.2. The third-order valence-electron chi connectivity index (χ3n) is 4.33. The maximum Gasteiger partial charge on any atom is 0.223 e. The Labute approximate surface area is 148 Å². The van der Waals surface area contributed by atoms with Crippen LogP contribution in [0.15, 0.2) is 18.3 Å². The molecule has 2 heterocycles. The topological polar surface area (TPSA) is 98.1 Å². The molecule has 1 saturated heterocycles. The second-order valence-electron chi connectivity index (χ2n) is 6.13. The van der Waals surface area contributed by atoms with Gasteiger partial charge in [0.2, 0.25) is 11.8 Å². The zero-order valence-electron chi connectivity index (χ0n) is 14.6. The van der Waals surface area contributed by atoms with Crippen molar-refractivity contribution in [2.45, 2.75) is 32.6 Å². The fraction of sp³-hybridized carbons (Fsp3) is 0.556. The van der Waals surface area contributed by atoms with Gasteiger partial charge in [-0.05, 0) is 31.4 Å². The average Bonchev–Trinajstić information content (AvgIpc) is 2.65. The molecule has 25 heavy (non-hydrogen) atoms. The van der Waals surface area contributed by atoms with Gasteiger partial charge in [0.15, 0.2) is 0 Å². The molecule has 0 saturated carbocycles. The number of carbonyl (C=O) groups excluding carboxylic acids is 2. The van der Waals surface area contributed by atoms with Crippen LogP contribution >= 0.6 is 0 Å². The Morgan fingerprint density at radius 3 is 2.80 bits per heavy atom. The van der Waals surface area contributed by atoms with Crippen LogP contribution in [0.25, 0.3) is 0 Å². The summed E-state index contributed by atoms with van der Waals surface area (Å²) < 4.78 is 0. The summed E-state index contributed by atoms with van der Waals surface area (Å²) in [7, 11) is 0. The van der Waals surface area contributed by atoms with E-state index in [1.165, 1.54) is 0 Å². The molecule has 0 aromatic carbocycles. The average molecular weight is 343 g/mol. The second kappa shape index (κ2) is 9.62. The van der Waals surface area contributed by atoms with E-state index in [9.17, 15) is 9.59 Å². The molecule has 2 N–H and O–H groups in total. The molecule has 7 nitrogen and oxygen atoms in total. The number of likely N-dealkylation sites (tertiary alicyclic amines) is 1. The highest BCUT2D eigenvalue weighted by atomic mass is 16.2. The van der Waals surface area contributed by atoms with E-state index < -0.39 is 0 Å². The molecule has 2 rings (SSSR count). The monoisotopic (exact) mass is 343 g/mol. The Morgan fingerprint density at radius 1 is 1.36 bits per heavy atom. The Morgan fingerprint density at radius 2 is 2.12 bits per heavy atom. The highest BCUT2D eigenvalue weighted by Gasteiger charge is 2.26. The Balaban J connectivity index is 1.68. The molecule has 0 radical (unpaired) electrons. The number of hydrogen-bond donors (Lipinski definition) is 2. The maximum atomic E-state index is 12.2. The number of amides is 2. The van der Waals surface area contributed by atoms with E-state index in [1.54, 1.807) is 18.3 Å². The number of rotatable bonds is 7. The van der Waals surface area contributed by atoms with E-state index in [2.05, 4.69) is 21.7 Å². The lowest BCUT2D eigenvalue weighted by Crippen LogP contribution is -2.43. The third-order valence-corrected chi connectivity index (χ3v) is 4.33. The zero-order chi connectivity index (χ0) is 18.1. The molecule has 0 unspecified atom stereocenters. The third kappa shape index (κ3) is 5.45. The summed E-state index contributed by atoms with van der Waals surface area (Å²) in [5.41, 5.74) is 0.484. The first-order valence-corrected chi connectivity index (χ1v) is 8.80. The van der Waals surface area contributed by atoms with Crippen LogP contribution in [-0.4, -0.2) is 47.9 Å². The van der Waals surface area contributed by atoms with Crippen molar-refractivity contribution < 1.29 is 9.59 Å². The van der Waals surface area contributed by atoms with Crippen molar-refractivity contribution in [2.75, 3.05) is 31.5 Å². The highest BCUT2D eigenvalue weighted by Crippen LogP contribution is 2.18. The van der Waals surface area contributed by atoms with Crippen LogP contribution in [0.3, 0.4) is 0 Å². The second-order valence-corrected chi connectivity index (χ2v) is 6.13. The lowest BCUT2D eigenvalue weighted by Gasteiger charge is -2.31. The minimum Gasteiger partial charge on any atom is -0.367 e. The van der Waals surface area contributed by atoms with E-state index in [0.29, 0.717) is 56.8 Å². The summed E-state index contributed by atoms with van der Waals surface area (Å²) in [6.07, 6.45) is 4.49. The Bertz CT molecular complexity index is 633. The van der Waals surface area contributed by atoms with Gasteiger partial charge in [-0.2, -0.15) is 5.26 Å². The summed E-state index contributed by atoms with van der Waals surface area (Å²) in [5.74, 6) is 0.720. The normalized spacial score (nSPS) is 14.6. The number of nitrogens with zero attached hydrogens (tertiary/aromatic N) is 3. The Kier molecular flexibility index (Phi) is 7.20. The van der Waals surface area contributed by atoms with Crippen molar-refractivity contribution in [3.05, 3.63) is 23.9 Å². The SMILES string of the molecule is CCCC(=O)N1CCC(C(=O)NCCNc2ncccc2C#N)CC1. The molecule has 0 atom stereocenters. The van der Waals surface area contributed by atoms with Crippen LogP contribution in [0.2, 0.25) is 0 Å². The van der Waals surface area contributed by atoms with Gasteiger partial charge in [-0.15, -0.1) is 0 Å². The van der Waals surface area contributed by atoms with Gasteiger partial charge in [0.1, 0.15) is 11.9 Å². The predicted molar refractivity (Wildman–Crippen MR) is 94.7 cm³/mol. The standard InChI is InChI=1S/C18H25N5O2/c1-2-4-16(24)23-11-6-14(7-12-23)18(25)22-10-9-21-17-15(13-19)5-3-8-20-17/h3,5,8,14H,2,4,6-7,9-12H2,1H3,(H,20,21)(H,22,25). The predicted octanol–water partition coefficient (Wildman–Crippen LogP) is 1.52. The minimum absolute atomic E-state index is 0.0322. The minimum atomic E-state index is -0.0322. The van der Waals surface area contributed by atoms with E-state index >= 15 is 0 Å². The van der Waals surface area contributed by atoms with E-state index in [-0.39, 0.29) is 17.7 Å². The molecule has 1 fully saturated rings. The number of nitriles is 1. The number of piperidine rings is 1. The summed E-state index contributed by atoms with van der Waals surface area (Å²) >= 11 is 0. The molecule has 134 valence electrons. The molecule has 1 aromatic heterocycles. The van der Waals surface area contributed by atoms with Crippen molar-refractivity contribution in [3.8, 4) is 6.07 Å². The zero-order valence-corrected chi connectivity index (χ0v) is 14.6. The number of pyridine rings is 1. The molecule has 1 aromatic rings. The summed E-state index contributed by atoms with van der Waals surface area (Å²) in [6, 6.07) is 5.48. The molecular weight excluding hydrogens is 318 g/mol. The fourth-order valence-electron chi connectivity index (χ4n) is 2.91. The number of hydrogen-bond acceptors (Lipinski definition) is 5. The quantitative estimate of drug-likeness (QED) is 0.732. The van der Waals surface area contributed by atoms with Crippen LogP contribution in [0.1, 0.15) is 38.2 Å². The van der Waals surface area contributed by atoms with Gasteiger partial charge in [-0.25, -0.2) is 4.98 Å². The number of anilines is 1. The van der Waals surface area contributed by atoms with Gasteiger partial charge < -0.3 is 15.5 Å². The summed E-state index contributed by atoms with van der Waals surface area (Å²) in [6.45, 7) is 4.29. The van der Waals surface area contributed by atoms with Crippen molar-refractivity contribution >= 4 is 17.6 Å². The van der Waals surface area contributed by atoms with Crippen LogP contribution < -0.4 is 10.6 Å². The molecule has 0 aliphatic carbocycles. The Hall–Kier alpha value is -2.62. The first kappa shape index (κ1) is 18.7. The van der Waals surface area contributed by atoms with Crippen LogP contribution in [0.5, 0.6) is 0 Å². The molecule has 0 spiro atoms. The molecule has 2 amide bonds. The lowest BCUT2D eigenvalue weighted by atomic mass is 9.95. The van der Waals surface area contributed by atoms with Crippen molar-refractivity contribution in [3.63, 3.8) is 0 Å². The molecule has 1 aliphatic heterocycles. The summed E-state index contributed by atoms with van der Waals surface area (Å²) in [4.78, 5) is 30.1. The van der Waals surface area contributed by atoms with Crippen molar-refractivity contribution in [1.29, 1.82) is 5.26 Å². The van der Waals surface area contributed by atoms with Gasteiger partial charge in [-0.3, -0.25) is 9.59 Å². The van der Waals surface area contributed by atoms with Gasteiger partial charge in [-0.1, -0.05) is 6.92 Å². The number of aromatic nitrogens is 1. The first-order chi connectivity index (χ1) is 12.2. The lowest BCUT2D eigenvalue weighted by molar-refractivity contribution is -0.135. The van der Waals surface area contributed by atoms with Crippen LogP contribution in [-0.2, 0) is 9.59 Å². The van der Waals surface area contributed by atoms with Gasteiger partial charge in [0, 0.05) is 44.7 Å². The number of nitrogens with one attached hydrogen (secondary N) is 2.